The Morgan fingerprint density at radius 2 is 1.33 bits per heavy atom. The Bertz CT molecular complexity index is 3620. The van der Waals surface area contributed by atoms with Gasteiger partial charge in [0, 0.05) is 43.1 Å². The molecule has 0 aliphatic rings. The number of rotatable bonds is 9. The first-order valence-electron chi connectivity index (χ1n) is 24.0. The second-order valence-electron chi connectivity index (χ2n) is 20.2. The van der Waals surface area contributed by atoms with Crippen molar-refractivity contribution in [2.75, 3.05) is 0 Å². The molecule has 6 aromatic carbocycles. The van der Waals surface area contributed by atoms with Gasteiger partial charge in [0.05, 0.1) is 30.5 Å². The van der Waals surface area contributed by atoms with Crippen LogP contribution in [0.15, 0.2) is 144 Å². The minimum Gasteiger partial charge on any atom is -0.501 e. The third-order valence-electron chi connectivity index (χ3n) is 13.0. The number of furan rings is 1. The van der Waals surface area contributed by atoms with Crippen LogP contribution in [0.1, 0.15) is 75.8 Å². The van der Waals surface area contributed by atoms with E-state index in [9.17, 15) is 0 Å². The summed E-state index contributed by atoms with van der Waals surface area (Å²) in [6, 6.07) is 54.0. The van der Waals surface area contributed by atoms with E-state index in [0.717, 1.165) is 72.6 Å². The van der Waals surface area contributed by atoms with E-state index in [2.05, 4.69) is 200 Å². The van der Waals surface area contributed by atoms with E-state index >= 15 is 0 Å². The van der Waals surface area contributed by atoms with E-state index in [0.29, 0.717) is 17.8 Å². The van der Waals surface area contributed by atoms with Gasteiger partial charge in [0.25, 0.3) is 0 Å². The molecule has 0 unspecified atom stereocenters. The Hall–Kier alpha value is -6.02. The zero-order valence-corrected chi connectivity index (χ0v) is 45.4. The van der Waals surface area contributed by atoms with Crippen LogP contribution >= 0.6 is 11.3 Å². The second-order valence-corrected chi connectivity index (χ2v) is 26.2. The van der Waals surface area contributed by atoms with Crippen molar-refractivity contribution < 1.29 is 24.5 Å². The SMILES string of the molecule is CC(C)Cc1cc(-c2[c-]ccc3c2oc2ccccc23)ncc1[Si](C)(C)C.Cc1ccc2c(n1)sc1c(-c3nc4ccccc4n3-c3c(C(C)C)cc(-c4ccccc4)cc3C(C)C)[c-]ccc12.[Ir]. The summed E-state index contributed by atoms with van der Waals surface area (Å²) >= 11 is 1.74. The van der Waals surface area contributed by atoms with E-state index < -0.39 is 8.07 Å². The quantitative estimate of drug-likeness (QED) is 0.107. The molecule has 349 valence electrons. The number of nitrogens with zero attached hydrogens (tertiary/aromatic N) is 4. The molecule has 0 bridgehead atoms. The van der Waals surface area contributed by atoms with E-state index in [1.807, 2.05) is 24.3 Å². The number of hydrogen-bond donors (Lipinski definition) is 0. The molecule has 11 aromatic rings. The molecule has 11 rings (SSSR count). The summed E-state index contributed by atoms with van der Waals surface area (Å²) in [5.41, 5.74) is 15.6. The number of pyridine rings is 2. The summed E-state index contributed by atoms with van der Waals surface area (Å²) < 4.78 is 9.78. The Kier molecular flexibility index (Phi) is 13.5. The van der Waals surface area contributed by atoms with Crippen molar-refractivity contribution in [3.63, 3.8) is 0 Å². The largest absolute Gasteiger partial charge is 0.501 e. The van der Waals surface area contributed by atoms with Crippen LogP contribution in [-0.4, -0.2) is 27.6 Å². The van der Waals surface area contributed by atoms with Crippen LogP contribution in [0.25, 0.3) is 92.7 Å². The third-order valence-corrected chi connectivity index (χ3v) is 16.2. The molecule has 0 aliphatic heterocycles. The molecule has 0 amide bonds. The Balaban J connectivity index is 0.000000184. The van der Waals surface area contributed by atoms with E-state index in [1.54, 1.807) is 11.3 Å². The van der Waals surface area contributed by atoms with Gasteiger partial charge in [-0.25, -0.2) is 4.98 Å². The van der Waals surface area contributed by atoms with Crippen molar-refractivity contribution in [1.29, 1.82) is 0 Å². The first-order valence-corrected chi connectivity index (χ1v) is 28.3. The van der Waals surface area contributed by atoms with Crippen molar-refractivity contribution >= 4 is 77.9 Å². The Morgan fingerprint density at radius 1 is 0.667 bits per heavy atom. The van der Waals surface area contributed by atoms with Gasteiger partial charge in [0.15, 0.2) is 0 Å². The standard InChI is InChI=1S/C37H32N3S.C24H26NOSi.Ir/c1-22(2)30-20-26(25-12-7-6-8-13-25)21-31(23(3)4)34(30)40-33-17-10-9-16-32(33)39-36(40)29-15-11-14-27-28-19-18-24(5)38-37(28)41-35(27)29;1-16(2)13-17-14-21(25-15-23(17)27(3,4)5)20-11-8-10-19-18-9-6-7-12-22(18)26-24(19)20;/h6-14,16-23H,1-5H3;6-10,12,14-16H,13H2,1-5H3;/q2*-1;. The number of para-hydroxylation sites is 3. The second kappa shape index (κ2) is 19.4. The third kappa shape index (κ3) is 9.16. The molecule has 5 heterocycles. The molecule has 0 saturated carbocycles. The zero-order valence-electron chi connectivity index (χ0n) is 41.2. The normalized spacial score (nSPS) is 12.0. The van der Waals surface area contributed by atoms with Gasteiger partial charge in [-0.15, -0.1) is 36.4 Å². The van der Waals surface area contributed by atoms with Crippen LogP contribution in [-0.2, 0) is 26.5 Å². The van der Waals surface area contributed by atoms with Crippen LogP contribution in [0.3, 0.4) is 0 Å². The van der Waals surface area contributed by atoms with Gasteiger partial charge in [0.1, 0.15) is 10.4 Å². The fraction of sp³-hybridized carbons (Fsp3) is 0.230. The molecule has 0 atom stereocenters. The smallest absolute Gasteiger partial charge is 0.120 e. The van der Waals surface area contributed by atoms with Crippen LogP contribution in [0.2, 0.25) is 19.6 Å². The molecular formula is C61H58IrN4OSSi-2. The van der Waals surface area contributed by atoms with Gasteiger partial charge < -0.3 is 14.0 Å². The van der Waals surface area contributed by atoms with Gasteiger partial charge in [-0.1, -0.05) is 161 Å². The molecular weight excluding hydrogens is 1060 g/mol. The van der Waals surface area contributed by atoms with Gasteiger partial charge in [-0.3, -0.25) is 4.98 Å². The Labute approximate surface area is 425 Å². The average Bonchev–Trinajstić information content (AvgIpc) is 4.02. The van der Waals surface area contributed by atoms with E-state index in [4.69, 9.17) is 19.4 Å². The number of fused-ring (bicyclic) bond motifs is 7. The van der Waals surface area contributed by atoms with Crippen LogP contribution in [0.5, 0.6) is 0 Å². The first kappa shape index (κ1) is 48.0. The summed E-state index contributed by atoms with van der Waals surface area (Å²) in [5, 5.41) is 6.12. The maximum Gasteiger partial charge on any atom is 0.120 e. The molecule has 0 saturated heterocycles. The maximum atomic E-state index is 6.19. The van der Waals surface area contributed by atoms with Crippen LogP contribution in [0.4, 0.5) is 0 Å². The molecule has 0 spiro atoms. The first-order chi connectivity index (χ1) is 32.7. The number of aryl methyl sites for hydroxylation is 1. The predicted molar refractivity (Wildman–Crippen MR) is 292 cm³/mol. The van der Waals surface area contributed by atoms with E-state index in [1.165, 1.54) is 54.2 Å². The number of benzene rings is 6. The maximum absolute atomic E-state index is 6.19. The number of hydrogen-bond acceptors (Lipinski definition) is 5. The number of thiophene rings is 1. The fourth-order valence-electron chi connectivity index (χ4n) is 9.72. The van der Waals surface area contributed by atoms with Gasteiger partial charge in [-0.05, 0) is 111 Å². The fourth-order valence-corrected chi connectivity index (χ4v) is 12.5. The predicted octanol–water partition coefficient (Wildman–Crippen LogP) is 16.7. The zero-order chi connectivity index (χ0) is 47.4. The molecule has 0 aliphatic carbocycles. The topological polar surface area (TPSA) is 56.7 Å². The van der Waals surface area contributed by atoms with Gasteiger partial charge >= 0.3 is 0 Å². The Morgan fingerprint density at radius 3 is 2.04 bits per heavy atom. The molecule has 69 heavy (non-hydrogen) atoms. The molecule has 1 radical (unpaired) electrons. The molecule has 8 heteroatoms. The number of aromatic nitrogens is 4. The average molecular weight is 1120 g/mol. The summed E-state index contributed by atoms with van der Waals surface area (Å²) in [7, 11) is -1.44. The van der Waals surface area contributed by atoms with Crippen molar-refractivity contribution in [3.8, 4) is 39.5 Å². The monoisotopic (exact) mass is 1120 g/mol. The van der Waals surface area contributed by atoms with Gasteiger partial charge in [-0.2, -0.15) is 11.3 Å². The van der Waals surface area contributed by atoms with Crippen LogP contribution < -0.4 is 5.19 Å². The summed E-state index contributed by atoms with van der Waals surface area (Å²) in [5.74, 6) is 2.17. The minimum absolute atomic E-state index is 0. The van der Waals surface area contributed by atoms with Crippen LogP contribution in [0, 0.1) is 25.0 Å². The minimum atomic E-state index is -1.44. The summed E-state index contributed by atoms with van der Waals surface area (Å²) in [6.45, 7) is 23.0. The molecule has 0 fully saturated rings. The molecule has 0 N–H and O–H groups in total. The molecule has 5 nitrogen and oxygen atoms in total. The summed E-state index contributed by atoms with van der Waals surface area (Å²) in [6.07, 6.45) is 3.18. The van der Waals surface area contributed by atoms with Crippen molar-refractivity contribution in [3.05, 3.63) is 174 Å². The van der Waals surface area contributed by atoms with Crippen molar-refractivity contribution in [2.45, 2.75) is 86.4 Å². The van der Waals surface area contributed by atoms with Crippen molar-refractivity contribution in [1.82, 2.24) is 19.5 Å². The van der Waals surface area contributed by atoms with E-state index in [-0.39, 0.29) is 20.1 Å². The molecule has 5 aromatic heterocycles. The van der Waals surface area contributed by atoms with Crippen molar-refractivity contribution in [2.24, 2.45) is 5.92 Å². The number of imidazole rings is 1. The summed E-state index contributed by atoms with van der Waals surface area (Å²) in [4.78, 5) is 16.1. The van der Waals surface area contributed by atoms with Gasteiger partial charge in [0.2, 0.25) is 0 Å².